The molecule has 146 valence electrons. The van der Waals surface area contributed by atoms with E-state index in [2.05, 4.69) is 63.0 Å². The average molecular weight is 384 g/mol. The van der Waals surface area contributed by atoms with E-state index in [0.717, 1.165) is 42.2 Å². The third kappa shape index (κ3) is 3.20. The van der Waals surface area contributed by atoms with Crippen molar-refractivity contribution in [2.75, 3.05) is 29.4 Å². The van der Waals surface area contributed by atoms with Crippen LogP contribution in [0.25, 0.3) is 16.7 Å². The van der Waals surface area contributed by atoms with E-state index >= 15 is 0 Å². The Morgan fingerprint density at radius 3 is 2.55 bits per heavy atom. The minimum atomic E-state index is 0.389. The Labute approximate surface area is 170 Å². The number of fused-ring (bicyclic) bond motifs is 1. The maximum Gasteiger partial charge on any atom is 0.168 e. The molecule has 2 aromatic carbocycles. The standard InChI is InChI=1S/C23H24N6/c1-17-7-6-10-20(13-17)28-12-11-27(15-18(28)2)22-21-14-26-29(23(21)25-16-24-22)19-8-4-3-5-9-19/h3-10,13-14,16,18H,11-12,15H2,1-2H3/t18-/m1/s1. The second kappa shape index (κ2) is 7.20. The quantitative estimate of drug-likeness (QED) is 0.537. The van der Waals surface area contributed by atoms with Gasteiger partial charge in [-0.2, -0.15) is 5.10 Å². The molecule has 2 aromatic heterocycles. The van der Waals surface area contributed by atoms with E-state index in [-0.39, 0.29) is 0 Å². The van der Waals surface area contributed by atoms with Gasteiger partial charge in [0.15, 0.2) is 5.65 Å². The Balaban J connectivity index is 1.44. The highest BCUT2D eigenvalue weighted by Crippen LogP contribution is 2.28. The summed E-state index contributed by atoms with van der Waals surface area (Å²) in [6.45, 7) is 7.22. The monoisotopic (exact) mass is 384 g/mol. The first-order chi connectivity index (χ1) is 14.2. The summed E-state index contributed by atoms with van der Waals surface area (Å²) < 4.78 is 1.88. The predicted octanol–water partition coefficient (Wildman–Crippen LogP) is 3.84. The average Bonchev–Trinajstić information content (AvgIpc) is 3.18. The fourth-order valence-electron chi connectivity index (χ4n) is 4.18. The van der Waals surface area contributed by atoms with Gasteiger partial charge in [0.05, 0.1) is 17.3 Å². The maximum absolute atomic E-state index is 4.63. The Morgan fingerprint density at radius 1 is 0.931 bits per heavy atom. The molecule has 0 amide bonds. The zero-order valence-electron chi connectivity index (χ0n) is 16.7. The molecule has 0 unspecified atom stereocenters. The first-order valence-electron chi connectivity index (χ1n) is 10.0. The molecule has 3 heterocycles. The van der Waals surface area contributed by atoms with Crippen LogP contribution in [0.2, 0.25) is 0 Å². The molecule has 29 heavy (non-hydrogen) atoms. The number of hydrogen-bond donors (Lipinski definition) is 0. The van der Waals surface area contributed by atoms with Crippen molar-refractivity contribution >= 4 is 22.5 Å². The largest absolute Gasteiger partial charge is 0.365 e. The molecular weight excluding hydrogens is 360 g/mol. The van der Waals surface area contributed by atoms with Crippen LogP contribution in [-0.4, -0.2) is 45.4 Å². The summed E-state index contributed by atoms with van der Waals surface area (Å²) in [6.07, 6.45) is 3.53. The van der Waals surface area contributed by atoms with Crippen LogP contribution < -0.4 is 9.80 Å². The van der Waals surface area contributed by atoms with Gasteiger partial charge in [-0.25, -0.2) is 14.6 Å². The number of aryl methyl sites for hydroxylation is 1. The Kier molecular flexibility index (Phi) is 4.39. The van der Waals surface area contributed by atoms with E-state index in [9.17, 15) is 0 Å². The molecule has 1 saturated heterocycles. The minimum Gasteiger partial charge on any atom is -0.365 e. The summed E-state index contributed by atoms with van der Waals surface area (Å²) in [5.41, 5.74) is 4.43. The number of anilines is 2. The molecule has 0 bridgehead atoms. The van der Waals surface area contributed by atoms with E-state index in [1.807, 2.05) is 41.2 Å². The Bertz CT molecular complexity index is 1140. The van der Waals surface area contributed by atoms with Crippen LogP contribution in [0.4, 0.5) is 11.5 Å². The van der Waals surface area contributed by atoms with Crippen molar-refractivity contribution in [3.05, 3.63) is 72.7 Å². The molecule has 0 saturated carbocycles. The lowest BCUT2D eigenvalue weighted by atomic mass is 10.1. The van der Waals surface area contributed by atoms with Gasteiger partial charge in [-0.1, -0.05) is 30.3 Å². The van der Waals surface area contributed by atoms with Crippen LogP contribution in [0.1, 0.15) is 12.5 Å². The second-order valence-electron chi connectivity index (χ2n) is 7.65. The molecule has 6 nitrogen and oxygen atoms in total. The summed E-state index contributed by atoms with van der Waals surface area (Å²) in [5.74, 6) is 0.966. The van der Waals surface area contributed by atoms with Crippen molar-refractivity contribution in [1.29, 1.82) is 0 Å². The van der Waals surface area contributed by atoms with Crippen molar-refractivity contribution in [2.24, 2.45) is 0 Å². The fraction of sp³-hybridized carbons (Fsp3) is 0.261. The van der Waals surface area contributed by atoms with Crippen molar-refractivity contribution in [3.63, 3.8) is 0 Å². The van der Waals surface area contributed by atoms with Crippen LogP contribution in [0.3, 0.4) is 0 Å². The van der Waals surface area contributed by atoms with Crippen LogP contribution in [-0.2, 0) is 0 Å². The van der Waals surface area contributed by atoms with Crippen LogP contribution >= 0.6 is 0 Å². The molecule has 0 aliphatic carbocycles. The molecule has 1 aliphatic rings. The molecule has 6 heteroatoms. The zero-order chi connectivity index (χ0) is 19.8. The molecule has 1 fully saturated rings. The van der Waals surface area contributed by atoms with E-state index in [4.69, 9.17) is 0 Å². The Morgan fingerprint density at radius 2 is 1.76 bits per heavy atom. The minimum absolute atomic E-state index is 0.389. The van der Waals surface area contributed by atoms with Gasteiger partial charge in [0.1, 0.15) is 12.1 Å². The summed E-state index contributed by atoms with van der Waals surface area (Å²) in [6, 6.07) is 19.2. The van der Waals surface area contributed by atoms with Gasteiger partial charge in [0, 0.05) is 31.4 Å². The van der Waals surface area contributed by atoms with Crippen molar-refractivity contribution < 1.29 is 0 Å². The molecule has 0 radical (unpaired) electrons. The summed E-state index contributed by atoms with van der Waals surface area (Å²) >= 11 is 0. The van der Waals surface area contributed by atoms with Crippen molar-refractivity contribution in [2.45, 2.75) is 19.9 Å². The lowest BCUT2D eigenvalue weighted by Crippen LogP contribution is -2.52. The molecule has 1 atom stereocenters. The zero-order valence-corrected chi connectivity index (χ0v) is 16.7. The smallest absolute Gasteiger partial charge is 0.168 e. The highest BCUT2D eigenvalue weighted by molar-refractivity contribution is 5.87. The SMILES string of the molecule is Cc1cccc(N2CCN(c3ncnc4c3cnn4-c3ccccc3)C[C@H]2C)c1. The van der Waals surface area contributed by atoms with E-state index in [0.29, 0.717) is 6.04 Å². The highest BCUT2D eigenvalue weighted by Gasteiger charge is 2.26. The van der Waals surface area contributed by atoms with Crippen LogP contribution in [0, 0.1) is 6.92 Å². The van der Waals surface area contributed by atoms with Gasteiger partial charge < -0.3 is 9.80 Å². The normalized spacial score (nSPS) is 17.1. The summed E-state index contributed by atoms with van der Waals surface area (Å²) in [5, 5.41) is 5.58. The number of hydrogen-bond acceptors (Lipinski definition) is 5. The van der Waals surface area contributed by atoms with Gasteiger partial charge in [-0.3, -0.25) is 0 Å². The number of para-hydroxylation sites is 1. The molecular formula is C23H24N6. The van der Waals surface area contributed by atoms with Gasteiger partial charge >= 0.3 is 0 Å². The number of piperazine rings is 1. The molecule has 4 aromatic rings. The van der Waals surface area contributed by atoms with Gasteiger partial charge in [-0.05, 0) is 43.7 Å². The third-order valence-corrected chi connectivity index (χ3v) is 5.61. The Hall–Kier alpha value is -3.41. The van der Waals surface area contributed by atoms with Gasteiger partial charge in [-0.15, -0.1) is 0 Å². The first kappa shape index (κ1) is 17.7. The second-order valence-corrected chi connectivity index (χ2v) is 7.65. The van der Waals surface area contributed by atoms with Crippen LogP contribution in [0.15, 0.2) is 67.1 Å². The van der Waals surface area contributed by atoms with E-state index < -0.39 is 0 Å². The lowest BCUT2D eigenvalue weighted by Gasteiger charge is -2.42. The topological polar surface area (TPSA) is 50.1 Å². The molecule has 5 rings (SSSR count). The number of aromatic nitrogens is 4. The van der Waals surface area contributed by atoms with Gasteiger partial charge in [0.25, 0.3) is 0 Å². The molecule has 0 spiro atoms. The van der Waals surface area contributed by atoms with Crippen LogP contribution in [0.5, 0.6) is 0 Å². The highest BCUT2D eigenvalue weighted by atomic mass is 15.3. The van der Waals surface area contributed by atoms with E-state index in [1.54, 1.807) is 6.33 Å². The van der Waals surface area contributed by atoms with Gasteiger partial charge in [0.2, 0.25) is 0 Å². The number of nitrogens with zero attached hydrogens (tertiary/aromatic N) is 6. The predicted molar refractivity (Wildman–Crippen MR) is 117 cm³/mol. The molecule has 1 aliphatic heterocycles. The first-order valence-corrected chi connectivity index (χ1v) is 10.0. The van der Waals surface area contributed by atoms with Crippen molar-refractivity contribution in [3.8, 4) is 5.69 Å². The lowest BCUT2D eigenvalue weighted by molar-refractivity contribution is 0.548. The third-order valence-electron chi connectivity index (χ3n) is 5.61. The van der Waals surface area contributed by atoms with Crippen molar-refractivity contribution in [1.82, 2.24) is 19.7 Å². The summed E-state index contributed by atoms with van der Waals surface area (Å²) in [4.78, 5) is 14.0. The fourth-order valence-corrected chi connectivity index (χ4v) is 4.18. The summed E-state index contributed by atoms with van der Waals surface area (Å²) in [7, 11) is 0. The van der Waals surface area contributed by atoms with E-state index in [1.165, 1.54) is 11.3 Å². The maximum atomic E-state index is 4.63. The molecule has 0 N–H and O–H groups in total. The number of rotatable bonds is 3. The number of benzene rings is 2.